The Morgan fingerprint density at radius 1 is 1.30 bits per heavy atom. The predicted octanol–water partition coefficient (Wildman–Crippen LogP) is 5.03. The molecule has 1 saturated heterocycles. The summed E-state index contributed by atoms with van der Waals surface area (Å²) in [4.78, 5) is 15.1. The minimum Gasteiger partial charge on any atom is -0.344 e. The minimum absolute atomic E-state index is 0.0384. The number of halogens is 3. The monoisotopic (exact) mass is 396 g/mol. The SMILES string of the molecule is Cc1c(C(=O)NC(c2ccsc2)C2CCCCN2C)cccc1C(F)(F)F. The number of carbonyl (C=O) groups is 1. The van der Waals surface area contributed by atoms with Crippen molar-refractivity contribution in [2.24, 2.45) is 0 Å². The standard InChI is InChI=1S/C20H23F3N2OS/c1-13-15(6-5-7-16(13)20(21,22)23)19(26)24-18(14-9-11-27-12-14)17-8-3-4-10-25(17)2/h5-7,9,11-12,17-18H,3-4,8,10H2,1-2H3,(H,24,26). The summed E-state index contributed by atoms with van der Waals surface area (Å²) in [6, 6.07) is 5.60. The number of thiophene rings is 1. The van der Waals surface area contributed by atoms with Crippen LogP contribution in [0.25, 0.3) is 0 Å². The molecule has 2 atom stereocenters. The fourth-order valence-electron chi connectivity index (χ4n) is 3.78. The van der Waals surface area contributed by atoms with Crippen molar-refractivity contribution in [1.82, 2.24) is 10.2 Å². The third-order valence-corrected chi connectivity index (χ3v) is 5.99. The minimum atomic E-state index is -4.48. The molecule has 1 aromatic heterocycles. The van der Waals surface area contributed by atoms with Crippen molar-refractivity contribution in [1.29, 1.82) is 0 Å². The molecule has 27 heavy (non-hydrogen) atoms. The van der Waals surface area contributed by atoms with Crippen molar-refractivity contribution in [2.45, 2.75) is 44.4 Å². The van der Waals surface area contributed by atoms with Crippen LogP contribution in [0.15, 0.2) is 35.0 Å². The first kappa shape index (κ1) is 19.9. The molecule has 3 rings (SSSR count). The molecule has 1 fully saturated rings. The Bertz CT molecular complexity index is 789. The quantitative estimate of drug-likeness (QED) is 0.786. The zero-order valence-corrected chi connectivity index (χ0v) is 16.2. The molecule has 146 valence electrons. The van der Waals surface area contributed by atoms with E-state index in [1.54, 1.807) is 11.3 Å². The molecule has 1 N–H and O–H groups in total. The van der Waals surface area contributed by atoms with Crippen LogP contribution in [0.3, 0.4) is 0 Å². The average molecular weight is 396 g/mol. The first-order valence-corrected chi connectivity index (χ1v) is 9.93. The maximum absolute atomic E-state index is 13.2. The zero-order chi connectivity index (χ0) is 19.6. The van der Waals surface area contributed by atoms with E-state index in [4.69, 9.17) is 0 Å². The van der Waals surface area contributed by atoms with Gasteiger partial charge in [-0.05, 0) is 73.4 Å². The van der Waals surface area contributed by atoms with Crippen LogP contribution in [0, 0.1) is 6.92 Å². The van der Waals surface area contributed by atoms with Crippen LogP contribution in [-0.4, -0.2) is 30.4 Å². The molecule has 0 radical (unpaired) electrons. The summed E-state index contributed by atoms with van der Waals surface area (Å²) in [5.41, 5.74) is 0.265. The Morgan fingerprint density at radius 2 is 2.07 bits per heavy atom. The first-order chi connectivity index (χ1) is 12.8. The molecule has 1 amide bonds. The number of amides is 1. The largest absolute Gasteiger partial charge is 0.416 e. The van der Waals surface area contributed by atoms with Gasteiger partial charge in [0.1, 0.15) is 0 Å². The van der Waals surface area contributed by atoms with Gasteiger partial charge in [0.05, 0.1) is 11.6 Å². The van der Waals surface area contributed by atoms with E-state index < -0.39 is 17.6 Å². The van der Waals surface area contributed by atoms with Gasteiger partial charge in [0.25, 0.3) is 5.91 Å². The lowest BCUT2D eigenvalue weighted by atomic mass is 9.92. The number of alkyl halides is 3. The molecule has 1 aromatic carbocycles. The van der Waals surface area contributed by atoms with Crippen molar-refractivity contribution >= 4 is 17.2 Å². The first-order valence-electron chi connectivity index (χ1n) is 8.99. The number of likely N-dealkylation sites (tertiary alicyclic amines) is 1. The Kier molecular flexibility index (Phi) is 5.91. The predicted molar refractivity (Wildman–Crippen MR) is 101 cm³/mol. The van der Waals surface area contributed by atoms with E-state index in [2.05, 4.69) is 10.2 Å². The highest BCUT2D eigenvalue weighted by Crippen LogP contribution is 2.34. The molecule has 1 aliphatic heterocycles. The number of hydrogen-bond acceptors (Lipinski definition) is 3. The topological polar surface area (TPSA) is 32.3 Å². The number of hydrogen-bond donors (Lipinski definition) is 1. The van der Waals surface area contributed by atoms with E-state index >= 15 is 0 Å². The third kappa shape index (κ3) is 4.35. The highest BCUT2D eigenvalue weighted by Gasteiger charge is 2.35. The number of benzene rings is 1. The van der Waals surface area contributed by atoms with Crippen LogP contribution >= 0.6 is 11.3 Å². The van der Waals surface area contributed by atoms with Gasteiger partial charge in [0.2, 0.25) is 0 Å². The summed E-state index contributed by atoms with van der Waals surface area (Å²) in [6.45, 7) is 2.30. The molecular formula is C20H23F3N2OS. The Balaban J connectivity index is 1.90. The lowest BCUT2D eigenvalue weighted by Gasteiger charge is -2.38. The van der Waals surface area contributed by atoms with Crippen molar-refractivity contribution in [3.05, 3.63) is 57.3 Å². The van der Waals surface area contributed by atoms with E-state index in [1.807, 2.05) is 23.9 Å². The van der Waals surface area contributed by atoms with Crippen LogP contribution in [0.4, 0.5) is 13.2 Å². The van der Waals surface area contributed by atoms with Crippen molar-refractivity contribution in [2.75, 3.05) is 13.6 Å². The number of rotatable bonds is 4. The lowest BCUT2D eigenvalue weighted by Crippen LogP contribution is -2.47. The number of likely N-dealkylation sites (N-methyl/N-ethyl adjacent to an activating group) is 1. The van der Waals surface area contributed by atoms with Gasteiger partial charge in [-0.25, -0.2) is 0 Å². The fourth-order valence-corrected chi connectivity index (χ4v) is 4.48. The van der Waals surface area contributed by atoms with Gasteiger partial charge in [-0.1, -0.05) is 12.5 Å². The molecule has 2 unspecified atom stereocenters. The maximum Gasteiger partial charge on any atom is 0.416 e. The number of nitrogens with zero attached hydrogens (tertiary/aromatic N) is 1. The van der Waals surface area contributed by atoms with Crippen LogP contribution in [0.5, 0.6) is 0 Å². The summed E-state index contributed by atoms with van der Waals surface area (Å²) in [5, 5.41) is 6.96. The second-order valence-corrected chi connectivity index (χ2v) is 7.81. The molecule has 2 aromatic rings. The number of nitrogens with one attached hydrogen (secondary N) is 1. The van der Waals surface area contributed by atoms with Crippen molar-refractivity contribution in [3.8, 4) is 0 Å². The van der Waals surface area contributed by atoms with Crippen LogP contribution in [-0.2, 0) is 6.18 Å². The van der Waals surface area contributed by atoms with E-state index in [9.17, 15) is 18.0 Å². The highest BCUT2D eigenvalue weighted by molar-refractivity contribution is 7.08. The molecule has 0 spiro atoms. The van der Waals surface area contributed by atoms with Crippen molar-refractivity contribution in [3.63, 3.8) is 0 Å². The van der Waals surface area contributed by atoms with Crippen LogP contribution < -0.4 is 5.32 Å². The maximum atomic E-state index is 13.2. The lowest BCUT2D eigenvalue weighted by molar-refractivity contribution is -0.138. The Morgan fingerprint density at radius 3 is 2.70 bits per heavy atom. The van der Waals surface area contributed by atoms with E-state index in [0.717, 1.165) is 37.4 Å². The summed E-state index contributed by atoms with van der Waals surface area (Å²) < 4.78 is 39.5. The molecule has 2 heterocycles. The molecule has 7 heteroatoms. The number of piperidine rings is 1. The van der Waals surface area contributed by atoms with Gasteiger partial charge < -0.3 is 10.2 Å². The van der Waals surface area contributed by atoms with Crippen LogP contribution in [0.2, 0.25) is 0 Å². The Labute approximate surface area is 161 Å². The third-order valence-electron chi connectivity index (χ3n) is 5.28. The molecule has 0 aliphatic carbocycles. The zero-order valence-electron chi connectivity index (χ0n) is 15.3. The van der Waals surface area contributed by atoms with Gasteiger partial charge >= 0.3 is 6.18 Å². The smallest absolute Gasteiger partial charge is 0.344 e. The van der Waals surface area contributed by atoms with E-state index in [-0.39, 0.29) is 23.2 Å². The summed E-state index contributed by atoms with van der Waals surface area (Å²) in [7, 11) is 2.03. The average Bonchev–Trinajstić information content (AvgIpc) is 3.14. The van der Waals surface area contributed by atoms with E-state index in [1.165, 1.54) is 19.1 Å². The molecule has 3 nitrogen and oxygen atoms in total. The second kappa shape index (κ2) is 8.02. The number of carbonyl (C=O) groups excluding carboxylic acids is 1. The summed E-state index contributed by atoms with van der Waals surface area (Å²) in [6.07, 6.45) is -1.34. The highest BCUT2D eigenvalue weighted by atomic mass is 32.1. The second-order valence-electron chi connectivity index (χ2n) is 7.03. The Hall–Kier alpha value is -1.86. The van der Waals surface area contributed by atoms with Crippen molar-refractivity contribution < 1.29 is 18.0 Å². The van der Waals surface area contributed by atoms with Gasteiger partial charge in [0.15, 0.2) is 0 Å². The fraction of sp³-hybridized carbons (Fsp3) is 0.450. The summed E-state index contributed by atoms with van der Waals surface area (Å²) >= 11 is 1.55. The van der Waals surface area contributed by atoms with E-state index in [0.29, 0.717) is 0 Å². The molecule has 0 bridgehead atoms. The molecule has 1 aliphatic rings. The van der Waals surface area contributed by atoms with Gasteiger partial charge in [0, 0.05) is 11.6 Å². The van der Waals surface area contributed by atoms with Gasteiger partial charge in [-0.2, -0.15) is 24.5 Å². The normalized spacial score (nSPS) is 19.7. The summed E-state index contributed by atoms with van der Waals surface area (Å²) in [5.74, 6) is -0.464. The molecule has 0 saturated carbocycles. The molecular weight excluding hydrogens is 373 g/mol. The van der Waals surface area contributed by atoms with Crippen LogP contribution in [0.1, 0.15) is 52.4 Å². The van der Waals surface area contributed by atoms with Gasteiger partial charge in [-0.15, -0.1) is 0 Å². The van der Waals surface area contributed by atoms with Gasteiger partial charge in [-0.3, -0.25) is 4.79 Å².